The first-order valence-electron chi connectivity index (χ1n) is 7.68. The SMILES string of the molecule is CSc1cccc(NC(=O)C2(c3cc(-c4cccs4)on3)CC2)c1. The first-order valence-corrected chi connectivity index (χ1v) is 9.78. The smallest absolute Gasteiger partial charge is 0.236 e. The number of hydrogen-bond donors (Lipinski definition) is 1. The van der Waals surface area contributed by atoms with Crippen LogP contribution in [0, 0.1) is 0 Å². The van der Waals surface area contributed by atoms with Gasteiger partial charge in [-0.3, -0.25) is 4.79 Å². The molecule has 2 aromatic heterocycles. The second-order valence-electron chi connectivity index (χ2n) is 5.82. The molecule has 1 aliphatic rings. The number of nitrogens with zero attached hydrogens (tertiary/aromatic N) is 1. The van der Waals surface area contributed by atoms with Crippen molar-refractivity contribution in [2.24, 2.45) is 0 Å². The fourth-order valence-corrected chi connectivity index (χ4v) is 3.84. The Bertz CT molecular complexity index is 867. The molecule has 0 aliphatic heterocycles. The van der Waals surface area contributed by atoms with Crippen molar-refractivity contribution >= 4 is 34.7 Å². The molecule has 1 aromatic carbocycles. The molecular weight excluding hydrogens is 340 g/mol. The summed E-state index contributed by atoms with van der Waals surface area (Å²) in [5.74, 6) is 0.718. The second-order valence-corrected chi connectivity index (χ2v) is 7.65. The lowest BCUT2D eigenvalue weighted by molar-refractivity contribution is -0.118. The zero-order valence-corrected chi connectivity index (χ0v) is 14.7. The van der Waals surface area contributed by atoms with Crippen LogP contribution in [-0.2, 0) is 10.2 Å². The highest BCUT2D eigenvalue weighted by atomic mass is 32.2. The van der Waals surface area contributed by atoms with E-state index in [-0.39, 0.29) is 5.91 Å². The Balaban J connectivity index is 1.55. The molecule has 2 heterocycles. The van der Waals surface area contributed by atoms with Crippen molar-refractivity contribution in [1.82, 2.24) is 5.16 Å². The Labute approximate surface area is 148 Å². The number of hydrogen-bond acceptors (Lipinski definition) is 5. The van der Waals surface area contributed by atoms with Crippen LogP contribution in [0.4, 0.5) is 5.69 Å². The van der Waals surface area contributed by atoms with Gasteiger partial charge in [-0.05, 0) is 48.7 Å². The van der Waals surface area contributed by atoms with Gasteiger partial charge in [0.25, 0.3) is 0 Å². The van der Waals surface area contributed by atoms with Crippen molar-refractivity contribution in [3.8, 4) is 10.6 Å². The maximum Gasteiger partial charge on any atom is 0.236 e. The summed E-state index contributed by atoms with van der Waals surface area (Å²) in [5, 5.41) is 9.20. The molecule has 1 aliphatic carbocycles. The highest BCUT2D eigenvalue weighted by Gasteiger charge is 2.53. The van der Waals surface area contributed by atoms with E-state index >= 15 is 0 Å². The Kier molecular flexibility index (Phi) is 3.94. The van der Waals surface area contributed by atoms with Gasteiger partial charge in [0.1, 0.15) is 0 Å². The number of carbonyl (C=O) groups excluding carboxylic acids is 1. The molecule has 1 saturated carbocycles. The topological polar surface area (TPSA) is 55.1 Å². The fraction of sp³-hybridized carbons (Fsp3) is 0.222. The number of thiophene rings is 1. The lowest BCUT2D eigenvalue weighted by Gasteiger charge is -2.13. The molecule has 24 heavy (non-hydrogen) atoms. The average Bonchev–Trinajstić information content (AvgIpc) is 3.02. The van der Waals surface area contributed by atoms with E-state index in [0.29, 0.717) is 0 Å². The van der Waals surface area contributed by atoms with Crippen LogP contribution in [0.1, 0.15) is 18.5 Å². The molecule has 0 spiro atoms. The third kappa shape index (κ3) is 2.76. The Morgan fingerprint density at radius 1 is 1.29 bits per heavy atom. The van der Waals surface area contributed by atoms with E-state index < -0.39 is 5.41 Å². The molecule has 3 aromatic rings. The molecule has 6 heteroatoms. The van der Waals surface area contributed by atoms with Gasteiger partial charge < -0.3 is 9.84 Å². The molecular formula is C18H16N2O2S2. The summed E-state index contributed by atoms with van der Waals surface area (Å²) in [7, 11) is 0. The Morgan fingerprint density at radius 2 is 2.17 bits per heavy atom. The predicted molar refractivity (Wildman–Crippen MR) is 97.6 cm³/mol. The van der Waals surface area contributed by atoms with Crippen molar-refractivity contribution in [3.05, 3.63) is 53.5 Å². The summed E-state index contributed by atoms with van der Waals surface area (Å²) >= 11 is 3.25. The monoisotopic (exact) mass is 356 g/mol. The van der Waals surface area contributed by atoms with Crippen LogP contribution in [0.25, 0.3) is 10.6 Å². The van der Waals surface area contributed by atoms with Crippen LogP contribution in [0.5, 0.6) is 0 Å². The minimum Gasteiger partial charge on any atom is -0.355 e. The summed E-state index contributed by atoms with van der Waals surface area (Å²) in [6.45, 7) is 0. The normalized spacial score (nSPS) is 15.2. The van der Waals surface area contributed by atoms with E-state index in [1.165, 1.54) is 0 Å². The molecule has 1 fully saturated rings. The van der Waals surface area contributed by atoms with Crippen LogP contribution in [0.2, 0.25) is 0 Å². The molecule has 122 valence electrons. The second kappa shape index (κ2) is 6.11. The van der Waals surface area contributed by atoms with Crippen LogP contribution in [0.3, 0.4) is 0 Å². The maximum absolute atomic E-state index is 12.8. The van der Waals surface area contributed by atoms with E-state index in [4.69, 9.17) is 4.52 Å². The van der Waals surface area contributed by atoms with Gasteiger partial charge in [-0.25, -0.2) is 0 Å². The minimum atomic E-state index is -0.547. The van der Waals surface area contributed by atoms with Gasteiger partial charge in [-0.2, -0.15) is 0 Å². The summed E-state index contributed by atoms with van der Waals surface area (Å²) in [4.78, 5) is 14.9. The summed E-state index contributed by atoms with van der Waals surface area (Å²) in [6, 6.07) is 13.7. The maximum atomic E-state index is 12.8. The van der Waals surface area contributed by atoms with E-state index in [1.54, 1.807) is 23.1 Å². The number of rotatable bonds is 5. The van der Waals surface area contributed by atoms with Gasteiger partial charge in [0, 0.05) is 16.6 Å². The number of thioether (sulfide) groups is 1. The molecule has 0 saturated heterocycles. The summed E-state index contributed by atoms with van der Waals surface area (Å²) < 4.78 is 5.45. The number of nitrogens with one attached hydrogen (secondary N) is 1. The third-order valence-corrected chi connectivity index (χ3v) is 5.89. The molecule has 1 amide bonds. The van der Waals surface area contributed by atoms with Gasteiger partial charge in [-0.15, -0.1) is 23.1 Å². The zero-order chi connectivity index (χ0) is 16.6. The summed E-state index contributed by atoms with van der Waals surface area (Å²) in [6.07, 6.45) is 3.62. The number of aromatic nitrogens is 1. The number of anilines is 1. The van der Waals surface area contributed by atoms with Gasteiger partial charge >= 0.3 is 0 Å². The first-order chi connectivity index (χ1) is 11.7. The summed E-state index contributed by atoms with van der Waals surface area (Å²) in [5.41, 5.74) is 0.999. The fourth-order valence-electron chi connectivity index (χ4n) is 2.71. The van der Waals surface area contributed by atoms with Gasteiger partial charge in [0.2, 0.25) is 5.91 Å². The molecule has 0 unspecified atom stereocenters. The minimum absolute atomic E-state index is 0.00761. The highest BCUT2D eigenvalue weighted by molar-refractivity contribution is 7.98. The number of amides is 1. The number of benzene rings is 1. The van der Waals surface area contributed by atoms with Crippen LogP contribution < -0.4 is 5.32 Å². The van der Waals surface area contributed by atoms with Crippen molar-refractivity contribution in [1.29, 1.82) is 0 Å². The number of carbonyl (C=O) groups is 1. The molecule has 0 atom stereocenters. The highest BCUT2D eigenvalue weighted by Crippen LogP contribution is 2.49. The van der Waals surface area contributed by atoms with Crippen molar-refractivity contribution < 1.29 is 9.32 Å². The predicted octanol–water partition coefficient (Wildman–Crippen LogP) is 4.80. The molecule has 0 radical (unpaired) electrons. The van der Waals surface area contributed by atoms with Gasteiger partial charge in [0.15, 0.2) is 5.76 Å². The largest absolute Gasteiger partial charge is 0.355 e. The Hall–Kier alpha value is -2.05. The van der Waals surface area contributed by atoms with E-state index in [0.717, 1.165) is 39.8 Å². The first kappa shape index (κ1) is 15.5. The zero-order valence-electron chi connectivity index (χ0n) is 13.1. The van der Waals surface area contributed by atoms with E-state index in [1.807, 2.05) is 54.1 Å². The van der Waals surface area contributed by atoms with Gasteiger partial charge in [0.05, 0.1) is 16.0 Å². The molecule has 4 nitrogen and oxygen atoms in total. The van der Waals surface area contributed by atoms with Crippen LogP contribution in [0.15, 0.2) is 57.3 Å². The lowest BCUT2D eigenvalue weighted by atomic mass is 10.0. The van der Waals surface area contributed by atoms with Crippen molar-refractivity contribution in [2.45, 2.75) is 23.2 Å². The van der Waals surface area contributed by atoms with E-state index in [2.05, 4.69) is 10.5 Å². The quantitative estimate of drug-likeness (QED) is 0.668. The third-order valence-electron chi connectivity index (χ3n) is 4.28. The molecule has 0 bridgehead atoms. The standard InChI is InChI=1S/C18H16N2O2S2/c1-23-13-5-2-4-12(10-13)19-17(21)18(7-8-18)16-11-14(22-20-16)15-6-3-9-24-15/h2-6,9-11H,7-8H2,1H3,(H,19,21). The average molecular weight is 356 g/mol. The molecule has 1 N–H and O–H groups in total. The molecule has 4 rings (SSSR count). The van der Waals surface area contributed by atoms with Crippen molar-refractivity contribution in [2.75, 3.05) is 11.6 Å². The Morgan fingerprint density at radius 3 is 2.88 bits per heavy atom. The lowest BCUT2D eigenvalue weighted by Crippen LogP contribution is -2.28. The van der Waals surface area contributed by atoms with Crippen LogP contribution in [-0.4, -0.2) is 17.3 Å². The van der Waals surface area contributed by atoms with Gasteiger partial charge in [-0.1, -0.05) is 17.3 Å². The van der Waals surface area contributed by atoms with Crippen molar-refractivity contribution in [3.63, 3.8) is 0 Å². The van der Waals surface area contributed by atoms with Crippen LogP contribution >= 0.6 is 23.1 Å². The van der Waals surface area contributed by atoms with E-state index in [9.17, 15) is 4.79 Å².